The number of carbonyl (C=O) groups excluding carboxylic acids is 2. The molecule has 4 heteroatoms. The fraction of sp³-hybridized carbons (Fsp3) is 0.846. The second-order valence-electron chi connectivity index (χ2n) is 5.71. The van der Waals surface area contributed by atoms with Gasteiger partial charge in [0.05, 0.1) is 0 Å². The van der Waals surface area contributed by atoms with Crippen LogP contribution in [0.2, 0.25) is 0 Å². The highest BCUT2D eigenvalue weighted by molar-refractivity contribution is 6.00. The number of amides is 2. The number of hydrogen-bond donors (Lipinski definition) is 1. The van der Waals surface area contributed by atoms with E-state index in [1.165, 1.54) is 0 Å². The van der Waals surface area contributed by atoms with Gasteiger partial charge < -0.3 is 10.2 Å². The Kier molecular flexibility index (Phi) is 2.92. The van der Waals surface area contributed by atoms with E-state index in [1.807, 2.05) is 20.8 Å². The second-order valence-corrected chi connectivity index (χ2v) is 5.71. The second kappa shape index (κ2) is 4.00. The van der Waals surface area contributed by atoms with Gasteiger partial charge in [0.1, 0.15) is 11.6 Å². The summed E-state index contributed by atoms with van der Waals surface area (Å²) in [4.78, 5) is 26.3. The molecule has 2 amide bonds. The fourth-order valence-electron chi connectivity index (χ4n) is 2.85. The lowest BCUT2D eigenvalue weighted by Crippen LogP contribution is -2.70. The Bertz CT molecular complexity index is 351. The van der Waals surface area contributed by atoms with Gasteiger partial charge in [-0.25, -0.2) is 0 Å². The first-order valence-corrected chi connectivity index (χ1v) is 6.51. The molecule has 1 heterocycles. The molecule has 0 bridgehead atoms. The van der Waals surface area contributed by atoms with E-state index < -0.39 is 5.54 Å². The highest BCUT2D eigenvalue weighted by Crippen LogP contribution is 2.42. The Morgan fingerprint density at radius 2 is 2.06 bits per heavy atom. The summed E-state index contributed by atoms with van der Waals surface area (Å²) in [5.74, 6) is 0.618. The zero-order chi connectivity index (χ0) is 12.8. The number of carbonyl (C=O) groups is 2. The predicted octanol–water partition coefficient (Wildman–Crippen LogP) is 1.16. The molecule has 1 saturated carbocycles. The van der Waals surface area contributed by atoms with Crippen molar-refractivity contribution in [3.05, 3.63) is 0 Å². The number of nitrogens with zero attached hydrogens (tertiary/aromatic N) is 1. The number of rotatable bonds is 3. The minimum absolute atomic E-state index is 0.0100. The highest BCUT2D eigenvalue weighted by atomic mass is 16.2. The largest absolute Gasteiger partial charge is 0.340 e. The molecule has 2 rings (SSSR count). The molecule has 1 saturated heterocycles. The van der Waals surface area contributed by atoms with Gasteiger partial charge in [0.15, 0.2) is 0 Å². The summed E-state index contributed by atoms with van der Waals surface area (Å²) in [6.45, 7) is 5.94. The monoisotopic (exact) mass is 238 g/mol. The first kappa shape index (κ1) is 12.4. The van der Waals surface area contributed by atoms with E-state index in [2.05, 4.69) is 5.32 Å². The molecule has 3 atom stereocenters. The van der Waals surface area contributed by atoms with Crippen LogP contribution in [0.3, 0.4) is 0 Å². The van der Waals surface area contributed by atoms with Crippen LogP contribution in [0.25, 0.3) is 0 Å². The first-order chi connectivity index (χ1) is 7.91. The van der Waals surface area contributed by atoms with Gasteiger partial charge in [-0.05, 0) is 31.6 Å². The molecule has 0 aromatic rings. The summed E-state index contributed by atoms with van der Waals surface area (Å²) in [5.41, 5.74) is -0.657. The molecule has 2 fully saturated rings. The van der Waals surface area contributed by atoms with Crippen molar-refractivity contribution in [1.82, 2.24) is 10.2 Å². The van der Waals surface area contributed by atoms with Crippen molar-refractivity contribution < 1.29 is 9.59 Å². The molecule has 1 N–H and O–H groups in total. The van der Waals surface area contributed by atoms with Crippen molar-refractivity contribution in [2.75, 3.05) is 7.05 Å². The molecule has 1 aliphatic heterocycles. The van der Waals surface area contributed by atoms with Crippen molar-refractivity contribution in [2.24, 2.45) is 11.8 Å². The summed E-state index contributed by atoms with van der Waals surface area (Å²) in [6.07, 6.45) is 2.99. The van der Waals surface area contributed by atoms with Crippen LogP contribution in [-0.2, 0) is 9.59 Å². The molecular formula is C13H22N2O2. The lowest BCUT2D eigenvalue weighted by Gasteiger charge is -2.44. The summed E-state index contributed by atoms with van der Waals surface area (Å²) >= 11 is 0. The topological polar surface area (TPSA) is 49.4 Å². The molecule has 0 aromatic heterocycles. The summed E-state index contributed by atoms with van der Waals surface area (Å²) in [7, 11) is 1.76. The zero-order valence-electron chi connectivity index (χ0n) is 11.1. The van der Waals surface area contributed by atoms with E-state index in [4.69, 9.17) is 0 Å². The SMILES string of the molecule is CCC(C)C1C(=O)NC(C)(C2CC2)C(=O)N1C. The van der Waals surface area contributed by atoms with Gasteiger partial charge in [-0.3, -0.25) is 9.59 Å². The maximum Gasteiger partial charge on any atom is 0.248 e. The van der Waals surface area contributed by atoms with Gasteiger partial charge in [0.25, 0.3) is 0 Å². The fourth-order valence-corrected chi connectivity index (χ4v) is 2.85. The summed E-state index contributed by atoms with van der Waals surface area (Å²) < 4.78 is 0. The summed E-state index contributed by atoms with van der Waals surface area (Å²) in [5, 5.41) is 2.97. The van der Waals surface area contributed by atoms with E-state index in [-0.39, 0.29) is 23.8 Å². The van der Waals surface area contributed by atoms with E-state index in [0.29, 0.717) is 5.92 Å². The molecule has 0 spiro atoms. The van der Waals surface area contributed by atoms with Crippen molar-refractivity contribution >= 4 is 11.8 Å². The number of piperazine rings is 1. The highest BCUT2D eigenvalue weighted by Gasteiger charge is 2.54. The average molecular weight is 238 g/mol. The smallest absolute Gasteiger partial charge is 0.248 e. The van der Waals surface area contributed by atoms with Gasteiger partial charge >= 0.3 is 0 Å². The maximum absolute atomic E-state index is 12.4. The Hall–Kier alpha value is -1.06. The average Bonchev–Trinajstić information content (AvgIpc) is 3.09. The molecule has 3 unspecified atom stereocenters. The number of likely N-dealkylation sites (N-methyl/N-ethyl adjacent to an activating group) is 1. The molecule has 4 nitrogen and oxygen atoms in total. The van der Waals surface area contributed by atoms with Crippen LogP contribution in [0.5, 0.6) is 0 Å². The third kappa shape index (κ3) is 1.83. The minimum Gasteiger partial charge on any atom is -0.340 e. The van der Waals surface area contributed by atoms with Gasteiger partial charge in [-0.1, -0.05) is 20.3 Å². The van der Waals surface area contributed by atoms with Crippen molar-refractivity contribution in [2.45, 2.75) is 51.6 Å². The maximum atomic E-state index is 12.4. The van der Waals surface area contributed by atoms with Crippen LogP contribution in [0.1, 0.15) is 40.0 Å². The van der Waals surface area contributed by atoms with Gasteiger partial charge in [0, 0.05) is 7.05 Å². The Morgan fingerprint density at radius 1 is 1.47 bits per heavy atom. The van der Waals surface area contributed by atoms with Gasteiger partial charge in [-0.2, -0.15) is 0 Å². The number of nitrogens with one attached hydrogen (secondary N) is 1. The van der Waals surface area contributed by atoms with E-state index >= 15 is 0 Å². The molecule has 17 heavy (non-hydrogen) atoms. The van der Waals surface area contributed by atoms with Crippen molar-refractivity contribution in [1.29, 1.82) is 0 Å². The molecule has 0 radical (unpaired) electrons. The van der Waals surface area contributed by atoms with Gasteiger partial charge in [0.2, 0.25) is 11.8 Å². The Labute approximate surface area is 103 Å². The van der Waals surface area contributed by atoms with Crippen LogP contribution in [0, 0.1) is 11.8 Å². The molecule has 96 valence electrons. The van der Waals surface area contributed by atoms with E-state index in [9.17, 15) is 9.59 Å². The third-order valence-corrected chi connectivity index (χ3v) is 4.41. The van der Waals surface area contributed by atoms with Crippen molar-refractivity contribution in [3.8, 4) is 0 Å². The molecule has 1 aliphatic carbocycles. The van der Waals surface area contributed by atoms with Crippen LogP contribution in [0.15, 0.2) is 0 Å². The number of hydrogen-bond acceptors (Lipinski definition) is 2. The lowest BCUT2D eigenvalue weighted by atomic mass is 9.86. The van der Waals surface area contributed by atoms with Crippen molar-refractivity contribution in [3.63, 3.8) is 0 Å². The van der Waals surface area contributed by atoms with E-state index in [0.717, 1.165) is 19.3 Å². The first-order valence-electron chi connectivity index (χ1n) is 6.51. The lowest BCUT2D eigenvalue weighted by molar-refractivity contribution is -0.155. The van der Waals surface area contributed by atoms with Crippen LogP contribution in [0.4, 0.5) is 0 Å². The third-order valence-electron chi connectivity index (χ3n) is 4.41. The van der Waals surface area contributed by atoms with Crippen LogP contribution < -0.4 is 5.32 Å². The quantitative estimate of drug-likeness (QED) is 0.802. The normalized spacial score (nSPS) is 35.8. The van der Waals surface area contributed by atoms with Crippen LogP contribution >= 0.6 is 0 Å². The molecular weight excluding hydrogens is 216 g/mol. The Balaban J connectivity index is 2.23. The summed E-state index contributed by atoms with van der Waals surface area (Å²) in [6, 6.07) is -0.306. The molecule has 2 aliphatic rings. The Morgan fingerprint density at radius 3 is 2.53 bits per heavy atom. The van der Waals surface area contributed by atoms with Crippen LogP contribution in [-0.4, -0.2) is 35.3 Å². The zero-order valence-corrected chi connectivity index (χ0v) is 11.1. The minimum atomic E-state index is -0.657. The predicted molar refractivity (Wildman–Crippen MR) is 65.3 cm³/mol. The molecule has 0 aromatic carbocycles. The van der Waals surface area contributed by atoms with Gasteiger partial charge in [-0.15, -0.1) is 0 Å². The standard InChI is InChI=1S/C13H22N2O2/c1-5-8(2)10-11(16)14-13(3,9-6-7-9)12(17)15(10)4/h8-10H,5-7H2,1-4H3,(H,14,16). The van der Waals surface area contributed by atoms with E-state index in [1.54, 1.807) is 11.9 Å².